The van der Waals surface area contributed by atoms with Crippen LogP contribution in [-0.2, 0) is 21.1 Å². The summed E-state index contributed by atoms with van der Waals surface area (Å²) in [5.74, 6) is 0.340. The number of aliphatic imine (C=N–C) groups is 1. The molecule has 6 nitrogen and oxygen atoms in total. The molecule has 0 aliphatic heterocycles. The SMILES string of the molecule is COCCNC(N)=NCc1ccc(S(C)(=O)=O)c(C)c1. The second-order valence-corrected chi connectivity index (χ2v) is 6.48. The summed E-state index contributed by atoms with van der Waals surface area (Å²) in [4.78, 5) is 4.52. The molecule has 0 radical (unpaired) electrons. The first-order valence-electron chi connectivity index (χ1n) is 6.17. The summed E-state index contributed by atoms with van der Waals surface area (Å²) < 4.78 is 27.9. The second-order valence-electron chi connectivity index (χ2n) is 4.49. The van der Waals surface area contributed by atoms with E-state index in [9.17, 15) is 8.42 Å². The molecule has 1 aromatic carbocycles. The maximum atomic E-state index is 11.5. The van der Waals surface area contributed by atoms with E-state index in [0.717, 1.165) is 5.56 Å². The van der Waals surface area contributed by atoms with Gasteiger partial charge >= 0.3 is 0 Å². The van der Waals surface area contributed by atoms with E-state index in [1.807, 2.05) is 6.07 Å². The van der Waals surface area contributed by atoms with Crippen LogP contribution in [0.1, 0.15) is 11.1 Å². The van der Waals surface area contributed by atoms with Crippen molar-refractivity contribution in [3.8, 4) is 0 Å². The van der Waals surface area contributed by atoms with Gasteiger partial charge in [0.15, 0.2) is 15.8 Å². The van der Waals surface area contributed by atoms with Crippen molar-refractivity contribution in [1.82, 2.24) is 5.32 Å². The summed E-state index contributed by atoms with van der Waals surface area (Å²) in [6, 6.07) is 5.15. The average molecular weight is 299 g/mol. The number of aryl methyl sites for hydroxylation is 1. The van der Waals surface area contributed by atoms with Gasteiger partial charge in [0.2, 0.25) is 0 Å². The lowest BCUT2D eigenvalue weighted by atomic mass is 10.1. The molecule has 0 bridgehead atoms. The zero-order chi connectivity index (χ0) is 15.2. The molecule has 0 saturated heterocycles. The normalized spacial score (nSPS) is 12.4. The molecule has 0 aliphatic rings. The maximum absolute atomic E-state index is 11.5. The summed E-state index contributed by atoms with van der Waals surface area (Å²) in [7, 11) is -1.57. The average Bonchev–Trinajstić information content (AvgIpc) is 2.35. The summed E-state index contributed by atoms with van der Waals surface area (Å²) in [5, 5.41) is 2.91. The van der Waals surface area contributed by atoms with E-state index in [1.165, 1.54) is 6.26 Å². The van der Waals surface area contributed by atoms with Crippen LogP contribution < -0.4 is 11.1 Å². The number of ether oxygens (including phenoxy) is 1. The number of nitrogens with zero attached hydrogens (tertiary/aromatic N) is 1. The minimum atomic E-state index is -3.18. The first kappa shape index (κ1) is 16.5. The molecule has 0 saturated carbocycles. The minimum Gasteiger partial charge on any atom is -0.383 e. The molecule has 3 N–H and O–H groups in total. The van der Waals surface area contributed by atoms with Gasteiger partial charge in [0.1, 0.15) is 0 Å². The zero-order valence-electron chi connectivity index (χ0n) is 12.0. The monoisotopic (exact) mass is 299 g/mol. The summed E-state index contributed by atoms with van der Waals surface area (Å²) in [6.07, 6.45) is 1.20. The van der Waals surface area contributed by atoms with Crippen molar-refractivity contribution in [3.05, 3.63) is 29.3 Å². The quantitative estimate of drug-likeness (QED) is 0.452. The minimum absolute atomic E-state index is 0.340. The Morgan fingerprint density at radius 2 is 2.15 bits per heavy atom. The largest absolute Gasteiger partial charge is 0.383 e. The number of benzene rings is 1. The van der Waals surface area contributed by atoms with Gasteiger partial charge in [0.25, 0.3) is 0 Å². The molecule has 0 fully saturated rings. The fourth-order valence-corrected chi connectivity index (χ4v) is 2.70. The van der Waals surface area contributed by atoms with Crippen molar-refractivity contribution in [1.29, 1.82) is 0 Å². The van der Waals surface area contributed by atoms with Crippen molar-refractivity contribution in [2.75, 3.05) is 26.5 Å². The first-order chi connectivity index (χ1) is 9.34. The fraction of sp³-hybridized carbons (Fsp3) is 0.462. The highest BCUT2D eigenvalue weighted by molar-refractivity contribution is 7.90. The molecule has 20 heavy (non-hydrogen) atoms. The Kier molecular flexibility index (Phi) is 5.97. The fourth-order valence-electron chi connectivity index (χ4n) is 1.74. The third-order valence-corrected chi connectivity index (χ3v) is 3.94. The highest BCUT2D eigenvalue weighted by atomic mass is 32.2. The van der Waals surface area contributed by atoms with Gasteiger partial charge in [-0.1, -0.05) is 12.1 Å². The Labute approximate surface area is 120 Å². The van der Waals surface area contributed by atoms with Crippen LogP contribution in [0, 0.1) is 6.92 Å². The lowest BCUT2D eigenvalue weighted by molar-refractivity contribution is 0.204. The van der Waals surface area contributed by atoms with Crippen LogP contribution in [0.5, 0.6) is 0 Å². The van der Waals surface area contributed by atoms with Gasteiger partial charge in [-0.2, -0.15) is 0 Å². The van der Waals surface area contributed by atoms with E-state index < -0.39 is 9.84 Å². The summed E-state index contributed by atoms with van der Waals surface area (Å²) in [5.41, 5.74) is 7.31. The van der Waals surface area contributed by atoms with Gasteiger partial charge in [-0.3, -0.25) is 0 Å². The molecule has 1 aromatic rings. The van der Waals surface area contributed by atoms with Crippen LogP contribution in [-0.4, -0.2) is 40.9 Å². The highest BCUT2D eigenvalue weighted by Gasteiger charge is 2.10. The Balaban J connectivity index is 2.71. The smallest absolute Gasteiger partial charge is 0.188 e. The number of guanidine groups is 1. The zero-order valence-corrected chi connectivity index (χ0v) is 12.8. The molecule has 0 unspecified atom stereocenters. The molecule has 0 atom stereocenters. The second kappa shape index (κ2) is 7.25. The number of sulfone groups is 1. The van der Waals surface area contributed by atoms with Crippen LogP contribution >= 0.6 is 0 Å². The van der Waals surface area contributed by atoms with Crippen molar-refractivity contribution < 1.29 is 13.2 Å². The number of nitrogens with two attached hydrogens (primary N) is 1. The highest BCUT2D eigenvalue weighted by Crippen LogP contribution is 2.17. The Hall–Kier alpha value is -1.60. The van der Waals surface area contributed by atoms with Gasteiger partial charge in [-0.05, 0) is 24.1 Å². The van der Waals surface area contributed by atoms with Crippen LogP contribution in [0.3, 0.4) is 0 Å². The van der Waals surface area contributed by atoms with Gasteiger partial charge in [0, 0.05) is 19.9 Å². The topological polar surface area (TPSA) is 93.8 Å². The van der Waals surface area contributed by atoms with E-state index in [0.29, 0.717) is 36.1 Å². The molecular weight excluding hydrogens is 278 g/mol. The number of nitrogens with one attached hydrogen (secondary N) is 1. The Bertz CT molecular complexity index is 583. The lowest BCUT2D eigenvalue weighted by Gasteiger charge is -2.07. The third kappa shape index (κ3) is 5.18. The van der Waals surface area contributed by atoms with Gasteiger partial charge in [-0.15, -0.1) is 0 Å². The van der Waals surface area contributed by atoms with Crippen LogP contribution in [0.25, 0.3) is 0 Å². The Morgan fingerprint density at radius 3 is 2.70 bits per heavy atom. The van der Waals surface area contributed by atoms with E-state index in [-0.39, 0.29) is 0 Å². The standard InChI is InChI=1S/C13H21N3O3S/c1-10-8-11(4-5-12(10)20(3,17)18)9-16-13(14)15-6-7-19-2/h4-5,8H,6-7,9H2,1-3H3,(H3,14,15,16). The first-order valence-corrected chi connectivity index (χ1v) is 8.06. The van der Waals surface area contributed by atoms with Crippen molar-refractivity contribution in [2.45, 2.75) is 18.4 Å². The van der Waals surface area contributed by atoms with Gasteiger partial charge in [0.05, 0.1) is 18.0 Å². The van der Waals surface area contributed by atoms with Crippen molar-refractivity contribution >= 4 is 15.8 Å². The van der Waals surface area contributed by atoms with Gasteiger partial charge in [-0.25, -0.2) is 13.4 Å². The lowest BCUT2D eigenvalue weighted by Crippen LogP contribution is -2.34. The number of methoxy groups -OCH3 is 1. The van der Waals surface area contributed by atoms with E-state index in [4.69, 9.17) is 10.5 Å². The summed E-state index contributed by atoms with van der Waals surface area (Å²) in [6.45, 7) is 3.32. The maximum Gasteiger partial charge on any atom is 0.188 e. The molecule has 0 aliphatic carbocycles. The van der Waals surface area contributed by atoms with Crippen molar-refractivity contribution in [3.63, 3.8) is 0 Å². The van der Waals surface area contributed by atoms with E-state index in [2.05, 4.69) is 10.3 Å². The van der Waals surface area contributed by atoms with Gasteiger partial charge < -0.3 is 15.8 Å². The van der Waals surface area contributed by atoms with Crippen LogP contribution in [0.4, 0.5) is 0 Å². The van der Waals surface area contributed by atoms with Crippen molar-refractivity contribution in [2.24, 2.45) is 10.7 Å². The molecule has 0 heterocycles. The molecule has 0 spiro atoms. The molecule has 7 heteroatoms. The number of rotatable bonds is 6. The number of hydrogen-bond acceptors (Lipinski definition) is 4. The Morgan fingerprint density at radius 1 is 1.45 bits per heavy atom. The molecule has 1 rings (SSSR count). The van der Waals surface area contributed by atoms with E-state index >= 15 is 0 Å². The predicted molar refractivity (Wildman–Crippen MR) is 79.5 cm³/mol. The molecular formula is C13H21N3O3S. The van der Waals surface area contributed by atoms with E-state index in [1.54, 1.807) is 26.2 Å². The summed E-state index contributed by atoms with van der Waals surface area (Å²) >= 11 is 0. The molecule has 0 amide bonds. The number of hydrogen-bond donors (Lipinski definition) is 2. The molecule has 112 valence electrons. The molecule has 0 aromatic heterocycles. The predicted octanol–water partition coefficient (Wildman–Crippen LogP) is 0.449. The van der Waals surface area contributed by atoms with Crippen LogP contribution in [0.15, 0.2) is 28.1 Å². The van der Waals surface area contributed by atoms with Crippen LogP contribution in [0.2, 0.25) is 0 Å². The third-order valence-electron chi connectivity index (χ3n) is 2.68.